The Bertz CT molecular complexity index is 546. The molecule has 0 spiro atoms. The lowest BCUT2D eigenvalue weighted by Gasteiger charge is -2.06. The molecule has 23 heavy (non-hydrogen) atoms. The Kier molecular flexibility index (Phi) is 9.31. The molecule has 0 saturated carbocycles. The van der Waals surface area contributed by atoms with Crippen LogP contribution < -0.4 is 0 Å². The maximum Gasteiger partial charge on any atom is 0.417 e. The van der Waals surface area contributed by atoms with Crippen molar-refractivity contribution in [1.29, 1.82) is 5.26 Å². The van der Waals surface area contributed by atoms with Crippen molar-refractivity contribution in [3.63, 3.8) is 0 Å². The van der Waals surface area contributed by atoms with Crippen LogP contribution in [0.4, 0.5) is 13.2 Å². The minimum Gasteiger partial charge on any atom is -0.466 e. The van der Waals surface area contributed by atoms with Gasteiger partial charge in [0, 0.05) is 6.42 Å². The molecule has 0 saturated heterocycles. The van der Waals surface area contributed by atoms with Crippen LogP contribution in [-0.2, 0) is 20.5 Å². The lowest BCUT2D eigenvalue weighted by Crippen LogP contribution is -2.10. The highest BCUT2D eigenvalue weighted by Crippen LogP contribution is 2.31. The zero-order chi connectivity index (χ0) is 17.9. The highest BCUT2D eigenvalue weighted by atomic mass is 19.4. The first-order chi connectivity index (χ1) is 10.8. The summed E-state index contributed by atoms with van der Waals surface area (Å²) < 4.78 is 40.9. The maximum absolute atomic E-state index is 12.1. The van der Waals surface area contributed by atoms with Crippen molar-refractivity contribution >= 4 is 11.8 Å². The van der Waals surface area contributed by atoms with E-state index in [0.29, 0.717) is 13.0 Å². The zero-order valence-corrected chi connectivity index (χ0v) is 12.9. The summed E-state index contributed by atoms with van der Waals surface area (Å²) in [4.78, 5) is 21.5. The number of carbonyl (C=O) groups is 2. The molecule has 126 valence electrons. The van der Waals surface area contributed by atoms with Crippen molar-refractivity contribution in [2.24, 2.45) is 0 Å². The molecule has 4 nitrogen and oxygen atoms in total. The average Bonchev–Trinajstić information content (AvgIpc) is 2.47. The number of ether oxygens (including phenoxy) is 1. The topological polar surface area (TPSA) is 67.2 Å². The first-order valence-corrected chi connectivity index (χ1v) is 6.99. The van der Waals surface area contributed by atoms with Crippen molar-refractivity contribution in [1.82, 2.24) is 0 Å². The predicted molar refractivity (Wildman–Crippen MR) is 77.3 cm³/mol. The summed E-state index contributed by atoms with van der Waals surface area (Å²) in [5.41, 5.74) is -1.22. The lowest BCUT2D eigenvalue weighted by atomic mass is 10.1. The molecule has 0 aromatic heterocycles. The minimum atomic E-state index is -4.44. The first kappa shape index (κ1) is 20.6. The number of nitrogens with zero attached hydrogens (tertiary/aromatic N) is 1. The van der Waals surface area contributed by atoms with Gasteiger partial charge in [-0.25, -0.2) is 0 Å². The van der Waals surface area contributed by atoms with E-state index in [1.165, 1.54) is 18.2 Å². The zero-order valence-electron chi connectivity index (χ0n) is 12.9. The lowest BCUT2D eigenvalue weighted by molar-refractivity contribution is -0.145. The number of hydrogen-bond acceptors (Lipinski definition) is 4. The molecule has 0 aliphatic carbocycles. The Labute approximate surface area is 132 Å². The number of hydrogen-bond donors (Lipinski definition) is 0. The number of rotatable bonds is 5. The SMILES string of the molecule is CCCC(=O)CC(=O)OCC.N#Cc1ccccc1C(F)(F)F. The summed E-state index contributed by atoms with van der Waals surface area (Å²) in [6.07, 6.45) is -3.24. The van der Waals surface area contributed by atoms with Gasteiger partial charge in [0.2, 0.25) is 0 Å². The maximum atomic E-state index is 12.1. The molecule has 1 rings (SSSR count). The Morgan fingerprint density at radius 2 is 1.83 bits per heavy atom. The number of alkyl halides is 3. The van der Waals surface area contributed by atoms with Crippen LogP contribution in [0.2, 0.25) is 0 Å². The molecular weight excluding hydrogens is 311 g/mol. The van der Waals surface area contributed by atoms with Crippen LogP contribution in [0.3, 0.4) is 0 Å². The fourth-order valence-corrected chi connectivity index (χ4v) is 1.57. The van der Waals surface area contributed by atoms with E-state index in [1.54, 1.807) is 6.92 Å². The normalized spacial score (nSPS) is 10.1. The Balaban J connectivity index is 0.000000423. The summed E-state index contributed by atoms with van der Waals surface area (Å²) in [5.74, 6) is -0.447. The smallest absolute Gasteiger partial charge is 0.417 e. The third-order valence-electron chi connectivity index (χ3n) is 2.53. The molecule has 0 unspecified atom stereocenters. The fraction of sp³-hybridized carbons (Fsp3) is 0.438. The molecule has 7 heteroatoms. The van der Waals surface area contributed by atoms with Gasteiger partial charge in [0.1, 0.15) is 12.2 Å². The van der Waals surface area contributed by atoms with E-state index in [-0.39, 0.29) is 17.8 Å². The number of carbonyl (C=O) groups excluding carboxylic acids is 2. The van der Waals surface area contributed by atoms with Crippen molar-refractivity contribution in [3.05, 3.63) is 35.4 Å². The predicted octanol–water partition coefficient (Wildman–Crippen LogP) is 3.89. The number of esters is 1. The molecule has 0 aliphatic rings. The number of Topliss-reactive ketones (excluding diaryl/α,β-unsaturated/α-hetero) is 1. The van der Waals surface area contributed by atoms with E-state index >= 15 is 0 Å². The van der Waals surface area contributed by atoms with Gasteiger partial charge in [-0.1, -0.05) is 19.1 Å². The summed E-state index contributed by atoms with van der Waals surface area (Å²) in [6.45, 7) is 3.98. The van der Waals surface area contributed by atoms with Crippen LogP contribution >= 0.6 is 0 Å². The van der Waals surface area contributed by atoms with Gasteiger partial charge in [0.05, 0.1) is 23.8 Å². The molecule has 0 heterocycles. The molecule has 1 aromatic rings. The number of ketones is 1. The van der Waals surface area contributed by atoms with E-state index in [9.17, 15) is 22.8 Å². The van der Waals surface area contributed by atoms with Gasteiger partial charge in [0.15, 0.2) is 0 Å². The van der Waals surface area contributed by atoms with Gasteiger partial charge in [-0.05, 0) is 25.5 Å². The molecular formula is C16H18F3NO3. The second kappa shape index (κ2) is 10.4. The number of nitriles is 1. The molecule has 0 fully saturated rings. The van der Waals surface area contributed by atoms with Crippen molar-refractivity contribution in [2.75, 3.05) is 6.61 Å². The first-order valence-electron chi connectivity index (χ1n) is 6.99. The van der Waals surface area contributed by atoms with E-state index in [1.807, 2.05) is 6.92 Å². The van der Waals surface area contributed by atoms with Crippen molar-refractivity contribution in [2.45, 2.75) is 39.3 Å². The minimum absolute atomic E-state index is 0.0362. The molecule has 0 amide bonds. The number of benzene rings is 1. The van der Waals surface area contributed by atoms with Gasteiger partial charge in [-0.2, -0.15) is 18.4 Å². The highest BCUT2D eigenvalue weighted by Gasteiger charge is 2.32. The Morgan fingerprint density at radius 1 is 1.22 bits per heavy atom. The van der Waals surface area contributed by atoms with Gasteiger partial charge >= 0.3 is 12.1 Å². The Hall–Kier alpha value is -2.36. The Morgan fingerprint density at radius 3 is 2.26 bits per heavy atom. The molecule has 0 bridgehead atoms. The van der Waals surface area contributed by atoms with Crippen LogP contribution in [0.25, 0.3) is 0 Å². The highest BCUT2D eigenvalue weighted by molar-refractivity contribution is 5.95. The monoisotopic (exact) mass is 329 g/mol. The number of halogens is 3. The average molecular weight is 329 g/mol. The fourth-order valence-electron chi connectivity index (χ4n) is 1.57. The summed E-state index contributed by atoms with van der Waals surface area (Å²) in [5, 5.41) is 8.33. The van der Waals surface area contributed by atoms with E-state index in [2.05, 4.69) is 4.74 Å². The summed E-state index contributed by atoms with van der Waals surface area (Å²) in [7, 11) is 0. The standard InChI is InChI=1S/C8H4F3N.C8H14O3/c9-8(10,11)7-4-2-1-3-6(7)5-12;1-3-5-7(9)6-8(10)11-4-2/h1-4H;3-6H2,1-2H3. The van der Waals surface area contributed by atoms with E-state index < -0.39 is 17.7 Å². The third-order valence-corrected chi connectivity index (χ3v) is 2.53. The molecule has 1 aromatic carbocycles. The van der Waals surface area contributed by atoms with Gasteiger partial charge in [-0.3, -0.25) is 9.59 Å². The van der Waals surface area contributed by atoms with Crippen molar-refractivity contribution in [3.8, 4) is 6.07 Å². The van der Waals surface area contributed by atoms with Crippen LogP contribution in [0.1, 0.15) is 44.2 Å². The molecule has 0 N–H and O–H groups in total. The van der Waals surface area contributed by atoms with Gasteiger partial charge in [0.25, 0.3) is 0 Å². The van der Waals surface area contributed by atoms with E-state index in [4.69, 9.17) is 5.26 Å². The van der Waals surface area contributed by atoms with E-state index in [0.717, 1.165) is 18.6 Å². The van der Waals surface area contributed by atoms with Gasteiger partial charge < -0.3 is 4.74 Å². The van der Waals surface area contributed by atoms with Gasteiger partial charge in [-0.15, -0.1) is 0 Å². The van der Waals surface area contributed by atoms with Crippen molar-refractivity contribution < 1.29 is 27.5 Å². The third kappa shape index (κ3) is 8.61. The molecule has 0 radical (unpaired) electrons. The van der Waals surface area contributed by atoms with Crippen LogP contribution in [0.15, 0.2) is 24.3 Å². The second-order valence-corrected chi connectivity index (χ2v) is 4.43. The van der Waals surface area contributed by atoms with Crippen LogP contribution in [-0.4, -0.2) is 18.4 Å². The molecule has 0 aliphatic heterocycles. The quantitative estimate of drug-likeness (QED) is 0.607. The second-order valence-electron chi connectivity index (χ2n) is 4.43. The van der Waals surface area contributed by atoms with Crippen LogP contribution in [0, 0.1) is 11.3 Å². The molecule has 0 atom stereocenters. The summed E-state index contributed by atoms with van der Waals surface area (Å²) >= 11 is 0. The summed E-state index contributed by atoms with van der Waals surface area (Å²) in [6, 6.07) is 6.16. The van der Waals surface area contributed by atoms with Crippen LogP contribution in [0.5, 0.6) is 0 Å². The largest absolute Gasteiger partial charge is 0.466 e.